The average Bonchev–Trinajstić information content (AvgIpc) is 3.43. The molecule has 0 amide bonds. The van der Waals surface area contributed by atoms with Gasteiger partial charge in [0.2, 0.25) is 0 Å². The normalized spacial score (nSPS) is 21.4. The van der Waals surface area contributed by atoms with Gasteiger partial charge in [-0.25, -0.2) is 15.0 Å². The van der Waals surface area contributed by atoms with Crippen molar-refractivity contribution >= 4 is 17.6 Å². The van der Waals surface area contributed by atoms with Gasteiger partial charge in [0.25, 0.3) is 0 Å². The summed E-state index contributed by atoms with van der Waals surface area (Å²) in [6.07, 6.45) is 26.9. The van der Waals surface area contributed by atoms with E-state index in [1.165, 1.54) is 0 Å². The highest BCUT2D eigenvalue weighted by Crippen LogP contribution is 2.31. The number of rotatable bonds is 6. The molecule has 0 radical (unpaired) electrons. The van der Waals surface area contributed by atoms with Crippen molar-refractivity contribution in [1.29, 1.82) is 0 Å². The monoisotopic (exact) mass is 534 g/mol. The van der Waals surface area contributed by atoms with Gasteiger partial charge in [-0.2, -0.15) is 0 Å². The van der Waals surface area contributed by atoms with Crippen LogP contribution in [0.4, 0.5) is 0 Å². The molecule has 3 aromatic rings. The van der Waals surface area contributed by atoms with Gasteiger partial charge in [-0.15, -0.1) is 6.58 Å². The lowest BCUT2D eigenvalue weighted by Gasteiger charge is -2.23. The molecule has 2 aromatic carbocycles. The number of hydrogen-bond donors (Lipinski definition) is 0. The summed E-state index contributed by atoms with van der Waals surface area (Å²) in [5, 5.41) is 0. The lowest BCUT2D eigenvalue weighted by Crippen LogP contribution is -2.18. The van der Waals surface area contributed by atoms with Crippen LogP contribution in [0.15, 0.2) is 144 Å². The van der Waals surface area contributed by atoms with E-state index >= 15 is 0 Å². The molecule has 6 rings (SSSR count). The van der Waals surface area contributed by atoms with Gasteiger partial charge in [-0.05, 0) is 55.5 Å². The van der Waals surface area contributed by atoms with Crippen LogP contribution in [-0.4, -0.2) is 21.1 Å². The van der Waals surface area contributed by atoms with Crippen LogP contribution in [0.2, 0.25) is 0 Å². The summed E-state index contributed by atoms with van der Waals surface area (Å²) in [4.78, 5) is 15.0. The Hall–Kier alpha value is -4.83. The molecular formula is C37H34N4. The predicted octanol–water partition coefficient (Wildman–Crippen LogP) is 8.65. The van der Waals surface area contributed by atoms with E-state index in [9.17, 15) is 0 Å². The Morgan fingerprint density at radius 1 is 0.854 bits per heavy atom. The largest absolute Gasteiger partial charge is 0.293 e. The number of aliphatic imine (C=N–C) groups is 2. The van der Waals surface area contributed by atoms with Gasteiger partial charge < -0.3 is 0 Å². The number of imidazole rings is 1. The fourth-order valence-electron chi connectivity index (χ4n) is 5.50. The molecule has 0 saturated heterocycles. The van der Waals surface area contributed by atoms with E-state index in [1.54, 1.807) is 0 Å². The Morgan fingerprint density at radius 3 is 2.44 bits per heavy atom. The zero-order valence-electron chi connectivity index (χ0n) is 23.2. The SMILES string of the molecule is C=CC1C=CC=CC1C(=C)C1=NC(c2ccc(-c3nc4c(n3-c3ccccc3)C=CCC4)cc2)=N/C=C/CC/C=C/1. The molecule has 2 unspecified atom stereocenters. The van der Waals surface area contributed by atoms with Crippen LogP contribution in [0.5, 0.6) is 0 Å². The second-order valence-electron chi connectivity index (χ2n) is 10.4. The first kappa shape index (κ1) is 26.4. The quantitative estimate of drug-likeness (QED) is 0.292. The van der Waals surface area contributed by atoms with Crippen molar-refractivity contribution in [3.8, 4) is 17.1 Å². The van der Waals surface area contributed by atoms with Crippen LogP contribution in [0.25, 0.3) is 23.2 Å². The number of benzene rings is 2. The zero-order chi connectivity index (χ0) is 28.0. The molecule has 0 spiro atoms. The van der Waals surface area contributed by atoms with E-state index in [2.05, 4.69) is 121 Å². The van der Waals surface area contributed by atoms with Gasteiger partial charge in [-0.1, -0.05) is 97.7 Å². The predicted molar refractivity (Wildman–Crippen MR) is 172 cm³/mol. The number of para-hydroxylation sites is 1. The Kier molecular flexibility index (Phi) is 7.81. The maximum Gasteiger partial charge on any atom is 0.159 e. The van der Waals surface area contributed by atoms with Gasteiger partial charge in [-0.3, -0.25) is 4.57 Å². The molecule has 2 atom stereocenters. The number of nitrogens with zero attached hydrogens (tertiary/aromatic N) is 4. The van der Waals surface area contributed by atoms with Crippen LogP contribution in [0, 0.1) is 11.8 Å². The highest BCUT2D eigenvalue weighted by molar-refractivity contribution is 6.17. The number of aromatic nitrogens is 2. The third-order valence-corrected chi connectivity index (χ3v) is 7.71. The summed E-state index contributed by atoms with van der Waals surface area (Å²) in [6, 6.07) is 18.9. The van der Waals surface area contributed by atoms with Crippen molar-refractivity contribution in [3.05, 3.63) is 151 Å². The minimum absolute atomic E-state index is 0.111. The number of aryl methyl sites for hydroxylation is 1. The molecule has 4 nitrogen and oxygen atoms in total. The average molecular weight is 535 g/mol. The van der Waals surface area contributed by atoms with Crippen LogP contribution in [0.1, 0.15) is 36.2 Å². The van der Waals surface area contributed by atoms with E-state index in [4.69, 9.17) is 15.0 Å². The molecule has 1 aliphatic heterocycles. The fourth-order valence-corrected chi connectivity index (χ4v) is 5.50. The van der Waals surface area contributed by atoms with E-state index < -0.39 is 0 Å². The van der Waals surface area contributed by atoms with Crippen molar-refractivity contribution in [2.24, 2.45) is 21.8 Å². The van der Waals surface area contributed by atoms with Gasteiger partial charge >= 0.3 is 0 Å². The molecule has 2 heterocycles. The summed E-state index contributed by atoms with van der Waals surface area (Å²) in [5.41, 5.74) is 7.21. The minimum Gasteiger partial charge on any atom is -0.293 e. The Labute approximate surface area is 242 Å². The third kappa shape index (κ3) is 5.59. The lowest BCUT2D eigenvalue weighted by atomic mass is 9.81. The first-order chi connectivity index (χ1) is 20.2. The number of allylic oxidation sites excluding steroid dienone is 10. The Bertz CT molecular complexity index is 1650. The molecule has 202 valence electrons. The van der Waals surface area contributed by atoms with Gasteiger partial charge in [0.05, 0.1) is 17.1 Å². The van der Waals surface area contributed by atoms with E-state index in [0.717, 1.165) is 71.0 Å². The molecule has 41 heavy (non-hydrogen) atoms. The Morgan fingerprint density at radius 2 is 1.61 bits per heavy atom. The summed E-state index contributed by atoms with van der Waals surface area (Å²) in [6.45, 7) is 8.51. The van der Waals surface area contributed by atoms with Crippen molar-refractivity contribution in [2.75, 3.05) is 0 Å². The van der Waals surface area contributed by atoms with Crippen LogP contribution in [-0.2, 0) is 6.42 Å². The molecule has 1 aromatic heterocycles. The standard InChI is InChI=1S/C37H34N4/c1-3-28-15-10-11-18-32(28)27(2)33-19-9-4-5-14-26-38-36(39-33)29-22-24-30(25-23-29)37-40-34-20-12-13-21-35(34)41(37)31-16-7-6-8-17-31/h3,6-11,13-19,21-26,28,32H,1-2,4-5,12,20H2/b19-9+,26-14+,38-36?,39-33?. The van der Waals surface area contributed by atoms with Crippen LogP contribution in [0.3, 0.4) is 0 Å². The van der Waals surface area contributed by atoms with Crippen LogP contribution < -0.4 is 0 Å². The van der Waals surface area contributed by atoms with Gasteiger partial charge in [0.1, 0.15) is 5.82 Å². The lowest BCUT2D eigenvalue weighted by molar-refractivity contribution is 0.654. The number of hydrogen-bond acceptors (Lipinski definition) is 3. The second kappa shape index (κ2) is 12.1. The van der Waals surface area contributed by atoms with Gasteiger partial charge in [0.15, 0.2) is 5.84 Å². The maximum absolute atomic E-state index is 5.09. The topological polar surface area (TPSA) is 42.5 Å². The molecule has 0 bridgehead atoms. The molecule has 4 heteroatoms. The molecule has 2 aliphatic carbocycles. The maximum atomic E-state index is 5.09. The third-order valence-electron chi connectivity index (χ3n) is 7.71. The van der Waals surface area contributed by atoms with E-state index in [1.807, 2.05) is 18.3 Å². The number of amidine groups is 1. The summed E-state index contributed by atoms with van der Waals surface area (Å²) in [7, 11) is 0. The summed E-state index contributed by atoms with van der Waals surface area (Å²) < 4.78 is 2.26. The second-order valence-corrected chi connectivity index (χ2v) is 10.4. The highest BCUT2D eigenvalue weighted by atomic mass is 15.1. The van der Waals surface area contributed by atoms with Crippen LogP contribution >= 0.6 is 0 Å². The van der Waals surface area contributed by atoms with Crippen molar-refractivity contribution in [3.63, 3.8) is 0 Å². The van der Waals surface area contributed by atoms with Crippen molar-refractivity contribution in [2.45, 2.75) is 25.7 Å². The summed E-state index contributed by atoms with van der Waals surface area (Å²) >= 11 is 0. The zero-order valence-corrected chi connectivity index (χ0v) is 23.2. The first-order valence-electron chi connectivity index (χ1n) is 14.3. The Balaban J connectivity index is 1.37. The van der Waals surface area contributed by atoms with Gasteiger partial charge in [0, 0.05) is 34.9 Å². The molecular weight excluding hydrogens is 500 g/mol. The van der Waals surface area contributed by atoms with Crippen molar-refractivity contribution < 1.29 is 0 Å². The molecule has 0 fully saturated rings. The van der Waals surface area contributed by atoms with E-state index in [0.29, 0.717) is 5.84 Å². The molecule has 0 saturated carbocycles. The fraction of sp³-hybridized carbons (Fsp3) is 0.162. The highest BCUT2D eigenvalue weighted by Gasteiger charge is 2.23. The molecule has 0 N–H and O–H groups in total. The molecule has 3 aliphatic rings. The smallest absolute Gasteiger partial charge is 0.159 e. The minimum atomic E-state index is 0.111. The first-order valence-corrected chi connectivity index (χ1v) is 14.3. The van der Waals surface area contributed by atoms with E-state index in [-0.39, 0.29) is 11.8 Å². The number of fused-ring (bicyclic) bond motifs is 1. The summed E-state index contributed by atoms with van der Waals surface area (Å²) in [5.74, 6) is 1.90. The van der Waals surface area contributed by atoms with Crippen molar-refractivity contribution in [1.82, 2.24) is 9.55 Å².